The van der Waals surface area contributed by atoms with E-state index in [1.54, 1.807) is 25.4 Å². The number of methoxy groups -OCH3 is 1. The van der Waals surface area contributed by atoms with Crippen molar-refractivity contribution in [1.29, 1.82) is 0 Å². The number of anilines is 1. The van der Waals surface area contributed by atoms with Crippen molar-refractivity contribution in [3.05, 3.63) is 18.3 Å². The van der Waals surface area contributed by atoms with Gasteiger partial charge in [0.1, 0.15) is 18.2 Å². The second-order valence-electron chi connectivity index (χ2n) is 2.97. The summed E-state index contributed by atoms with van der Waals surface area (Å²) in [6.45, 7) is 5.35. The second-order valence-corrected chi connectivity index (χ2v) is 2.97. The Kier molecular flexibility index (Phi) is 8.47. The van der Waals surface area contributed by atoms with Crippen LogP contribution in [0, 0.1) is 0 Å². The van der Waals surface area contributed by atoms with Gasteiger partial charge >= 0.3 is 0 Å². The van der Waals surface area contributed by atoms with Gasteiger partial charge in [-0.15, -0.1) is 0 Å². The molecule has 2 N–H and O–H groups in total. The van der Waals surface area contributed by atoms with Crippen LogP contribution in [0.4, 0.5) is 5.82 Å². The number of pyridine rings is 1. The summed E-state index contributed by atoms with van der Waals surface area (Å²) < 4.78 is 10.1. The molecule has 4 nitrogen and oxygen atoms in total. The molecule has 0 aromatic carbocycles. The summed E-state index contributed by atoms with van der Waals surface area (Å²) in [5.41, 5.74) is 5.39. The van der Waals surface area contributed by atoms with Crippen molar-refractivity contribution in [2.75, 3.05) is 26.1 Å². The van der Waals surface area contributed by atoms with E-state index in [2.05, 4.69) is 18.8 Å². The number of aromatic nitrogens is 1. The SMILES string of the molecule is CCC.COCCOc1ccc(N)nc1. The Balaban J connectivity index is 0.000000583. The van der Waals surface area contributed by atoms with Gasteiger partial charge in [-0.25, -0.2) is 4.98 Å². The minimum absolute atomic E-state index is 0.495. The lowest BCUT2D eigenvalue weighted by Gasteiger charge is -2.03. The molecule has 15 heavy (non-hydrogen) atoms. The number of ether oxygens (including phenoxy) is 2. The maximum Gasteiger partial charge on any atom is 0.137 e. The van der Waals surface area contributed by atoms with Crippen LogP contribution in [0.25, 0.3) is 0 Å². The predicted molar refractivity (Wildman–Crippen MR) is 62.0 cm³/mol. The summed E-state index contributed by atoms with van der Waals surface area (Å²) in [7, 11) is 1.63. The molecule has 0 spiro atoms. The van der Waals surface area contributed by atoms with E-state index in [1.807, 2.05) is 0 Å². The van der Waals surface area contributed by atoms with Crippen molar-refractivity contribution in [1.82, 2.24) is 4.98 Å². The molecule has 0 amide bonds. The Labute approximate surface area is 91.4 Å². The number of nitrogens with two attached hydrogens (primary N) is 1. The summed E-state index contributed by atoms with van der Waals surface area (Å²) >= 11 is 0. The molecule has 1 aromatic rings. The first kappa shape index (κ1) is 13.7. The molecule has 1 aromatic heterocycles. The van der Waals surface area contributed by atoms with Gasteiger partial charge in [0.15, 0.2) is 0 Å². The lowest BCUT2D eigenvalue weighted by molar-refractivity contribution is 0.146. The second kappa shape index (κ2) is 9.27. The number of nitrogens with zero attached hydrogens (tertiary/aromatic N) is 1. The Morgan fingerprint density at radius 3 is 2.40 bits per heavy atom. The van der Waals surface area contributed by atoms with Gasteiger partial charge in [0.25, 0.3) is 0 Å². The average Bonchev–Trinajstić information content (AvgIpc) is 2.23. The normalized spacial score (nSPS) is 9.00. The highest BCUT2D eigenvalue weighted by atomic mass is 16.5. The third-order valence-electron chi connectivity index (χ3n) is 1.32. The van der Waals surface area contributed by atoms with E-state index >= 15 is 0 Å². The molecule has 0 bridgehead atoms. The quantitative estimate of drug-likeness (QED) is 0.776. The Bertz CT molecular complexity index is 237. The molecule has 0 aliphatic rings. The van der Waals surface area contributed by atoms with Crippen LogP contribution in [-0.2, 0) is 4.74 Å². The zero-order chi connectivity index (χ0) is 11.5. The number of hydrogen-bond acceptors (Lipinski definition) is 4. The van der Waals surface area contributed by atoms with Crippen LogP contribution in [0.3, 0.4) is 0 Å². The van der Waals surface area contributed by atoms with Gasteiger partial charge in [0.05, 0.1) is 12.8 Å². The molecule has 0 fully saturated rings. The summed E-state index contributed by atoms with van der Waals surface area (Å²) in [6, 6.07) is 3.47. The van der Waals surface area contributed by atoms with Crippen LogP contribution in [0.5, 0.6) is 5.75 Å². The van der Waals surface area contributed by atoms with Crippen LogP contribution >= 0.6 is 0 Å². The number of nitrogen functional groups attached to an aromatic ring is 1. The van der Waals surface area contributed by atoms with Crippen LogP contribution < -0.4 is 10.5 Å². The van der Waals surface area contributed by atoms with Crippen molar-refractivity contribution in [2.24, 2.45) is 0 Å². The standard InChI is InChI=1S/C8H12N2O2.C3H8/c1-11-4-5-12-7-2-3-8(9)10-6-7;1-3-2/h2-3,6H,4-5H2,1H3,(H2,9,10);3H2,1-2H3. The smallest absolute Gasteiger partial charge is 0.137 e. The first-order chi connectivity index (χ1) is 7.24. The summed E-state index contributed by atoms with van der Waals surface area (Å²) in [5.74, 6) is 1.20. The highest BCUT2D eigenvalue weighted by Gasteiger charge is 1.92. The monoisotopic (exact) mass is 212 g/mol. The first-order valence-electron chi connectivity index (χ1n) is 5.07. The topological polar surface area (TPSA) is 57.4 Å². The van der Waals surface area contributed by atoms with E-state index in [-0.39, 0.29) is 0 Å². The van der Waals surface area contributed by atoms with Gasteiger partial charge in [-0.3, -0.25) is 0 Å². The highest BCUT2D eigenvalue weighted by molar-refractivity contribution is 5.31. The van der Waals surface area contributed by atoms with Crippen molar-refractivity contribution in [2.45, 2.75) is 20.3 Å². The van der Waals surface area contributed by atoms with E-state index in [0.29, 0.717) is 24.8 Å². The molecular formula is C11H20N2O2. The molecule has 0 atom stereocenters. The molecule has 1 heterocycles. The summed E-state index contributed by atoms with van der Waals surface area (Å²) in [5, 5.41) is 0. The summed E-state index contributed by atoms with van der Waals surface area (Å²) in [4.78, 5) is 3.87. The van der Waals surface area contributed by atoms with E-state index in [4.69, 9.17) is 15.2 Å². The molecule has 0 aliphatic carbocycles. The van der Waals surface area contributed by atoms with Gasteiger partial charge < -0.3 is 15.2 Å². The van der Waals surface area contributed by atoms with Crippen molar-refractivity contribution in [3.8, 4) is 5.75 Å². The molecule has 86 valence electrons. The molecule has 4 heteroatoms. The Morgan fingerprint density at radius 2 is 1.93 bits per heavy atom. The third kappa shape index (κ3) is 7.76. The maximum absolute atomic E-state index is 5.39. The Morgan fingerprint density at radius 1 is 1.27 bits per heavy atom. The van der Waals surface area contributed by atoms with Gasteiger partial charge in [-0.1, -0.05) is 20.3 Å². The van der Waals surface area contributed by atoms with Gasteiger partial charge in [0.2, 0.25) is 0 Å². The fourth-order valence-electron chi connectivity index (χ4n) is 0.720. The van der Waals surface area contributed by atoms with E-state index in [0.717, 1.165) is 0 Å². The zero-order valence-corrected chi connectivity index (χ0v) is 9.69. The Hall–Kier alpha value is -1.29. The minimum atomic E-state index is 0.495. The number of rotatable bonds is 4. The lowest BCUT2D eigenvalue weighted by Crippen LogP contribution is -2.04. The fourth-order valence-corrected chi connectivity index (χ4v) is 0.720. The maximum atomic E-state index is 5.39. The van der Waals surface area contributed by atoms with Crippen LogP contribution in [0.1, 0.15) is 20.3 Å². The van der Waals surface area contributed by atoms with Crippen LogP contribution in [0.15, 0.2) is 18.3 Å². The third-order valence-corrected chi connectivity index (χ3v) is 1.32. The van der Waals surface area contributed by atoms with Crippen molar-refractivity contribution < 1.29 is 9.47 Å². The minimum Gasteiger partial charge on any atom is -0.490 e. The predicted octanol–water partition coefficient (Wildman–Crippen LogP) is 2.11. The average molecular weight is 212 g/mol. The largest absolute Gasteiger partial charge is 0.490 e. The molecule has 0 aliphatic heterocycles. The zero-order valence-electron chi connectivity index (χ0n) is 9.69. The van der Waals surface area contributed by atoms with Gasteiger partial charge in [-0.2, -0.15) is 0 Å². The van der Waals surface area contributed by atoms with Gasteiger partial charge in [-0.05, 0) is 12.1 Å². The molecule has 0 radical (unpaired) electrons. The first-order valence-corrected chi connectivity index (χ1v) is 5.07. The highest BCUT2D eigenvalue weighted by Crippen LogP contribution is 2.09. The van der Waals surface area contributed by atoms with Crippen molar-refractivity contribution >= 4 is 5.82 Å². The van der Waals surface area contributed by atoms with Crippen LogP contribution in [-0.4, -0.2) is 25.3 Å². The molecule has 1 rings (SSSR count). The number of hydrogen-bond donors (Lipinski definition) is 1. The molecule has 0 saturated heterocycles. The molecule has 0 unspecified atom stereocenters. The lowest BCUT2D eigenvalue weighted by atomic mass is 10.4. The van der Waals surface area contributed by atoms with Crippen LogP contribution in [0.2, 0.25) is 0 Å². The van der Waals surface area contributed by atoms with Gasteiger partial charge in [0, 0.05) is 7.11 Å². The summed E-state index contributed by atoms with van der Waals surface area (Å²) in [6.07, 6.45) is 2.84. The molecular weight excluding hydrogens is 192 g/mol. The fraction of sp³-hybridized carbons (Fsp3) is 0.545. The van der Waals surface area contributed by atoms with E-state index < -0.39 is 0 Å². The van der Waals surface area contributed by atoms with E-state index in [1.165, 1.54) is 6.42 Å². The molecule has 0 saturated carbocycles. The van der Waals surface area contributed by atoms with E-state index in [9.17, 15) is 0 Å². The van der Waals surface area contributed by atoms with Crippen molar-refractivity contribution in [3.63, 3.8) is 0 Å².